The molecule has 0 spiro atoms. The molecule has 0 saturated carbocycles. The van der Waals surface area contributed by atoms with Gasteiger partial charge in [0.1, 0.15) is 0 Å². The number of morpholine rings is 2. The molecule has 0 radical (unpaired) electrons. The summed E-state index contributed by atoms with van der Waals surface area (Å²) in [6, 6.07) is 10.8. The molecule has 3 aliphatic heterocycles. The zero-order valence-corrected chi connectivity index (χ0v) is 22.6. The van der Waals surface area contributed by atoms with Gasteiger partial charge in [0.2, 0.25) is 5.95 Å². The number of anilines is 2. The molecule has 1 aromatic carbocycles. The summed E-state index contributed by atoms with van der Waals surface area (Å²) in [5, 5.41) is 4.66. The summed E-state index contributed by atoms with van der Waals surface area (Å²) in [4.78, 5) is 22.6. The molecule has 3 saturated heterocycles. The quantitative estimate of drug-likeness (QED) is 0.387. The van der Waals surface area contributed by atoms with Crippen LogP contribution in [0.2, 0.25) is 0 Å². The number of rotatable bonds is 5. The second-order valence-electron chi connectivity index (χ2n) is 10.5. The van der Waals surface area contributed by atoms with Gasteiger partial charge in [0.25, 0.3) is 5.95 Å². The minimum atomic E-state index is 0.181. The fourth-order valence-corrected chi connectivity index (χ4v) is 5.98. The van der Waals surface area contributed by atoms with Crippen molar-refractivity contribution in [2.24, 2.45) is 0 Å². The average Bonchev–Trinajstić information content (AvgIpc) is 3.63. The molecule has 3 aliphatic rings. The van der Waals surface area contributed by atoms with Crippen molar-refractivity contribution in [3.63, 3.8) is 0 Å². The molecular formula is C28H35N9O2. The zero-order valence-electron chi connectivity index (χ0n) is 22.6. The van der Waals surface area contributed by atoms with Crippen LogP contribution in [0.3, 0.4) is 0 Å². The standard InChI is InChI=1S/C28H35N9O2/c1-3-35-25-24(30-28(35)34-10-9-33-11-13-39-19-23(33)17-34)26(36-12-14-38-18-20(36)2)32-27(31-25)37-16-22(15-29-37)21-7-5-4-6-8-21/h4-8,15-16,20,23H,3,9-14,17-19H2,1-2H3/t20-,23?/m0/s1. The maximum Gasteiger partial charge on any atom is 0.254 e. The molecule has 0 aliphatic carbocycles. The lowest BCUT2D eigenvalue weighted by molar-refractivity contribution is -0.0119. The van der Waals surface area contributed by atoms with E-state index in [4.69, 9.17) is 24.4 Å². The number of hydrogen-bond acceptors (Lipinski definition) is 9. The van der Waals surface area contributed by atoms with Crippen molar-refractivity contribution in [2.45, 2.75) is 32.5 Å². The van der Waals surface area contributed by atoms with Crippen molar-refractivity contribution in [3.05, 3.63) is 42.7 Å². The van der Waals surface area contributed by atoms with Gasteiger partial charge >= 0.3 is 0 Å². The molecule has 11 nitrogen and oxygen atoms in total. The minimum Gasteiger partial charge on any atom is -0.378 e. The van der Waals surface area contributed by atoms with Gasteiger partial charge in [-0.2, -0.15) is 15.1 Å². The third-order valence-electron chi connectivity index (χ3n) is 8.12. The Balaban J connectivity index is 1.34. The summed E-state index contributed by atoms with van der Waals surface area (Å²) in [6.07, 6.45) is 3.87. The SMILES string of the molecule is CCn1c(N2CCN3CCOCC3C2)nc2c(N3CCOC[C@@H]3C)nc(-n3cc(-c4ccccc4)cn3)nc21. The van der Waals surface area contributed by atoms with E-state index >= 15 is 0 Å². The Labute approximate surface area is 228 Å². The van der Waals surface area contributed by atoms with Crippen molar-refractivity contribution in [3.8, 4) is 17.1 Å². The zero-order chi connectivity index (χ0) is 26.3. The van der Waals surface area contributed by atoms with Gasteiger partial charge in [-0.25, -0.2) is 9.67 Å². The highest BCUT2D eigenvalue weighted by atomic mass is 16.5. The molecule has 3 fully saturated rings. The summed E-state index contributed by atoms with van der Waals surface area (Å²) < 4.78 is 15.6. The Morgan fingerprint density at radius 3 is 2.62 bits per heavy atom. The van der Waals surface area contributed by atoms with E-state index in [2.05, 4.69) is 50.3 Å². The van der Waals surface area contributed by atoms with Gasteiger partial charge in [-0.1, -0.05) is 30.3 Å². The number of piperazine rings is 1. The van der Waals surface area contributed by atoms with E-state index in [1.54, 1.807) is 4.68 Å². The Morgan fingerprint density at radius 1 is 0.923 bits per heavy atom. The molecule has 7 rings (SSSR count). The number of aryl methyl sites for hydroxylation is 1. The first-order valence-electron chi connectivity index (χ1n) is 14.0. The molecule has 2 atom stereocenters. The highest BCUT2D eigenvalue weighted by Crippen LogP contribution is 2.32. The highest BCUT2D eigenvalue weighted by molar-refractivity contribution is 5.87. The average molecular weight is 530 g/mol. The van der Waals surface area contributed by atoms with E-state index in [-0.39, 0.29) is 6.04 Å². The van der Waals surface area contributed by atoms with Crippen LogP contribution in [0.5, 0.6) is 0 Å². The van der Waals surface area contributed by atoms with Crippen molar-refractivity contribution in [1.29, 1.82) is 0 Å². The maximum absolute atomic E-state index is 5.80. The number of fused-ring (bicyclic) bond motifs is 2. The molecule has 11 heteroatoms. The van der Waals surface area contributed by atoms with Gasteiger partial charge in [0.05, 0.1) is 44.7 Å². The maximum atomic E-state index is 5.80. The number of ether oxygens (including phenoxy) is 2. The topological polar surface area (TPSA) is 89.6 Å². The molecule has 3 aromatic heterocycles. The number of hydrogen-bond donors (Lipinski definition) is 0. The lowest BCUT2D eigenvalue weighted by atomic mass is 10.1. The predicted molar refractivity (Wildman–Crippen MR) is 150 cm³/mol. The summed E-state index contributed by atoms with van der Waals surface area (Å²) >= 11 is 0. The van der Waals surface area contributed by atoms with E-state index in [1.807, 2.05) is 30.6 Å². The molecule has 1 unspecified atom stereocenters. The van der Waals surface area contributed by atoms with Crippen LogP contribution in [0, 0.1) is 0 Å². The normalized spacial score (nSPS) is 22.4. The number of imidazole rings is 1. The minimum absolute atomic E-state index is 0.181. The first-order chi connectivity index (χ1) is 19.2. The van der Waals surface area contributed by atoms with Gasteiger partial charge in [0, 0.05) is 51.0 Å². The van der Waals surface area contributed by atoms with Crippen molar-refractivity contribution >= 4 is 22.9 Å². The summed E-state index contributed by atoms with van der Waals surface area (Å²) in [7, 11) is 0. The van der Waals surface area contributed by atoms with Gasteiger partial charge in [-0.3, -0.25) is 9.47 Å². The van der Waals surface area contributed by atoms with Crippen LogP contribution in [-0.2, 0) is 16.0 Å². The Morgan fingerprint density at radius 2 is 1.77 bits per heavy atom. The number of aromatic nitrogens is 6. The van der Waals surface area contributed by atoms with E-state index in [9.17, 15) is 0 Å². The molecular weight excluding hydrogens is 494 g/mol. The largest absolute Gasteiger partial charge is 0.378 e. The van der Waals surface area contributed by atoms with Crippen LogP contribution in [0.4, 0.5) is 11.8 Å². The summed E-state index contributed by atoms with van der Waals surface area (Å²) in [6.45, 7) is 12.6. The second kappa shape index (κ2) is 10.2. The summed E-state index contributed by atoms with van der Waals surface area (Å²) in [5.74, 6) is 2.34. The number of benzene rings is 1. The fourth-order valence-electron chi connectivity index (χ4n) is 5.98. The third-order valence-corrected chi connectivity index (χ3v) is 8.12. The van der Waals surface area contributed by atoms with E-state index < -0.39 is 0 Å². The monoisotopic (exact) mass is 529 g/mol. The lowest BCUT2D eigenvalue weighted by Crippen LogP contribution is -2.58. The Hall–Kier alpha value is -3.54. The van der Waals surface area contributed by atoms with E-state index in [0.717, 1.165) is 86.5 Å². The van der Waals surface area contributed by atoms with Crippen molar-refractivity contribution < 1.29 is 9.47 Å². The third kappa shape index (κ3) is 4.44. The lowest BCUT2D eigenvalue weighted by Gasteiger charge is -2.44. The molecule has 6 heterocycles. The van der Waals surface area contributed by atoms with Crippen LogP contribution in [0.1, 0.15) is 13.8 Å². The molecule has 0 N–H and O–H groups in total. The Kier molecular flexibility index (Phi) is 6.42. The Bertz CT molecular complexity index is 1450. The first kappa shape index (κ1) is 24.5. The highest BCUT2D eigenvalue weighted by Gasteiger charge is 2.33. The molecule has 0 bridgehead atoms. The van der Waals surface area contributed by atoms with E-state index in [0.29, 0.717) is 25.2 Å². The van der Waals surface area contributed by atoms with Crippen LogP contribution in [0.15, 0.2) is 42.7 Å². The van der Waals surface area contributed by atoms with Gasteiger partial charge in [-0.15, -0.1) is 0 Å². The molecule has 39 heavy (non-hydrogen) atoms. The number of nitrogens with zero attached hydrogens (tertiary/aromatic N) is 9. The van der Waals surface area contributed by atoms with Gasteiger partial charge in [0.15, 0.2) is 17.0 Å². The smallest absolute Gasteiger partial charge is 0.254 e. The van der Waals surface area contributed by atoms with Crippen LogP contribution in [0.25, 0.3) is 28.2 Å². The van der Waals surface area contributed by atoms with Crippen molar-refractivity contribution in [2.75, 3.05) is 69.0 Å². The van der Waals surface area contributed by atoms with E-state index in [1.165, 1.54) is 0 Å². The molecule has 0 amide bonds. The summed E-state index contributed by atoms with van der Waals surface area (Å²) in [5.41, 5.74) is 3.81. The van der Waals surface area contributed by atoms with Gasteiger partial charge in [-0.05, 0) is 19.4 Å². The molecule has 4 aromatic rings. The predicted octanol–water partition coefficient (Wildman–Crippen LogP) is 2.44. The van der Waals surface area contributed by atoms with Gasteiger partial charge < -0.3 is 19.3 Å². The van der Waals surface area contributed by atoms with Crippen LogP contribution in [-0.4, -0.2) is 105 Å². The second-order valence-corrected chi connectivity index (χ2v) is 10.5. The molecule has 204 valence electrons. The van der Waals surface area contributed by atoms with Crippen LogP contribution < -0.4 is 9.80 Å². The fraction of sp³-hybridized carbons (Fsp3) is 0.500. The first-order valence-corrected chi connectivity index (χ1v) is 14.0. The van der Waals surface area contributed by atoms with Crippen LogP contribution >= 0.6 is 0 Å². The van der Waals surface area contributed by atoms with Crippen molar-refractivity contribution in [1.82, 2.24) is 34.2 Å².